The Morgan fingerprint density at radius 3 is 2.65 bits per heavy atom. The minimum Gasteiger partial charge on any atom is -0.382 e. The third-order valence-electron chi connectivity index (χ3n) is 4.03. The van der Waals surface area contributed by atoms with Gasteiger partial charge in [0.05, 0.1) is 31.9 Å². The highest BCUT2D eigenvalue weighted by Crippen LogP contribution is 2.28. The van der Waals surface area contributed by atoms with Gasteiger partial charge in [-0.2, -0.15) is 0 Å². The minimum absolute atomic E-state index is 0.00243. The molecule has 1 heterocycles. The number of likely N-dealkylation sites (tertiary alicyclic amines) is 1. The normalized spacial score (nSPS) is 20.6. The van der Waals surface area contributed by atoms with Crippen molar-refractivity contribution in [2.45, 2.75) is 52.1 Å². The van der Waals surface area contributed by atoms with Gasteiger partial charge in [-0.05, 0) is 19.3 Å². The second kappa shape index (κ2) is 9.89. The minimum atomic E-state index is -0.00243. The quantitative estimate of drug-likeness (QED) is 0.281. The Labute approximate surface area is 142 Å². The summed E-state index contributed by atoms with van der Waals surface area (Å²) < 4.78 is 10.8. The lowest BCUT2D eigenvalue weighted by molar-refractivity contribution is 0.0498. The lowest BCUT2D eigenvalue weighted by Gasteiger charge is -2.35. The maximum absolute atomic E-state index is 5.77. The molecule has 23 heavy (non-hydrogen) atoms. The summed E-state index contributed by atoms with van der Waals surface area (Å²) in [6, 6.07) is 0.497. The van der Waals surface area contributed by atoms with E-state index in [1.807, 2.05) is 12.2 Å². The van der Waals surface area contributed by atoms with Gasteiger partial charge in [0.25, 0.3) is 0 Å². The first kappa shape index (κ1) is 19.9. The van der Waals surface area contributed by atoms with Gasteiger partial charge in [0, 0.05) is 19.1 Å². The summed E-state index contributed by atoms with van der Waals surface area (Å²) in [7, 11) is 1.70. The molecule has 1 fully saturated rings. The van der Waals surface area contributed by atoms with Crippen molar-refractivity contribution in [1.82, 2.24) is 4.90 Å². The molecule has 132 valence electrons. The summed E-state index contributed by atoms with van der Waals surface area (Å²) in [6.07, 6.45) is 6.99. The first-order valence-electron chi connectivity index (χ1n) is 8.59. The van der Waals surface area contributed by atoms with Crippen molar-refractivity contribution in [2.24, 2.45) is 10.4 Å². The Kier molecular flexibility index (Phi) is 8.56. The second-order valence-electron chi connectivity index (χ2n) is 7.09. The summed E-state index contributed by atoms with van der Waals surface area (Å²) in [6.45, 7) is 17.5. The van der Waals surface area contributed by atoms with E-state index in [1.54, 1.807) is 7.11 Å². The average Bonchev–Trinajstić information content (AvgIpc) is 2.94. The molecule has 0 aromatic heterocycles. The zero-order valence-corrected chi connectivity index (χ0v) is 15.4. The van der Waals surface area contributed by atoms with Gasteiger partial charge in [0.2, 0.25) is 0 Å². The predicted molar refractivity (Wildman–Crippen MR) is 98.1 cm³/mol. The fraction of sp³-hybridized carbons (Fsp3) is 0.737. The smallest absolute Gasteiger partial charge is 0.105 e. The number of hydrogen-bond acceptors (Lipinski definition) is 3. The monoisotopic (exact) mass is 322 g/mol. The molecular formula is C19H34N2O2. The van der Waals surface area contributed by atoms with Crippen molar-refractivity contribution in [2.75, 3.05) is 33.5 Å². The number of hydrogen-bond donors (Lipinski definition) is 0. The molecule has 0 aromatic carbocycles. The molecule has 1 aliphatic rings. The maximum Gasteiger partial charge on any atom is 0.105 e. The van der Waals surface area contributed by atoms with Crippen LogP contribution in [0.2, 0.25) is 0 Å². The number of aliphatic imine (C=N–C) groups is 1. The Hall–Kier alpha value is -1.13. The van der Waals surface area contributed by atoms with Gasteiger partial charge in [-0.15, -0.1) is 13.2 Å². The fourth-order valence-electron chi connectivity index (χ4n) is 2.88. The van der Waals surface area contributed by atoms with Gasteiger partial charge >= 0.3 is 0 Å². The number of nitrogens with zero attached hydrogens (tertiary/aromatic N) is 2. The van der Waals surface area contributed by atoms with Crippen LogP contribution < -0.4 is 0 Å². The molecule has 1 aliphatic heterocycles. The molecular weight excluding hydrogens is 288 g/mol. The van der Waals surface area contributed by atoms with Crippen LogP contribution in [0.4, 0.5) is 0 Å². The first-order chi connectivity index (χ1) is 10.9. The van der Waals surface area contributed by atoms with Crippen molar-refractivity contribution in [3.8, 4) is 0 Å². The number of rotatable bonds is 9. The van der Waals surface area contributed by atoms with Crippen LogP contribution in [0.15, 0.2) is 30.3 Å². The van der Waals surface area contributed by atoms with Crippen LogP contribution in [-0.2, 0) is 9.47 Å². The molecule has 0 N–H and O–H groups in total. The van der Waals surface area contributed by atoms with Crippen LogP contribution in [-0.4, -0.2) is 56.3 Å². The van der Waals surface area contributed by atoms with Gasteiger partial charge in [-0.25, -0.2) is 0 Å². The molecule has 0 bridgehead atoms. The highest BCUT2D eigenvalue weighted by molar-refractivity contribution is 5.88. The molecule has 1 rings (SSSR count). The molecule has 0 aliphatic carbocycles. The van der Waals surface area contributed by atoms with E-state index in [2.05, 4.69) is 38.8 Å². The van der Waals surface area contributed by atoms with Crippen molar-refractivity contribution >= 4 is 5.84 Å². The highest BCUT2D eigenvalue weighted by atomic mass is 16.5. The third kappa shape index (κ3) is 6.48. The van der Waals surface area contributed by atoms with Crippen LogP contribution in [0.3, 0.4) is 0 Å². The number of methoxy groups -OCH3 is 1. The van der Waals surface area contributed by atoms with Crippen LogP contribution >= 0.6 is 0 Å². The van der Waals surface area contributed by atoms with E-state index >= 15 is 0 Å². The van der Waals surface area contributed by atoms with E-state index in [9.17, 15) is 0 Å². The van der Waals surface area contributed by atoms with Crippen LogP contribution in [0, 0.1) is 5.41 Å². The zero-order valence-electron chi connectivity index (χ0n) is 15.4. The lowest BCUT2D eigenvalue weighted by atomic mass is 9.93. The molecule has 4 nitrogen and oxygen atoms in total. The molecule has 0 saturated carbocycles. The summed E-state index contributed by atoms with van der Waals surface area (Å²) in [5.41, 5.74) is -0.00243. The van der Waals surface area contributed by atoms with Crippen LogP contribution in [0.5, 0.6) is 0 Å². The molecule has 1 unspecified atom stereocenters. The first-order valence-corrected chi connectivity index (χ1v) is 8.59. The molecule has 4 heteroatoms. The lowest BCUT2D eigenvalue weighted by Crippen LogP contribution is -2.45. The molecule has 0 spiro atoms. The molecule has 1 saturated heterocycles. The number of ether oxygens (including phenoxy) is 2. The molecule has 2 atom stereocenters. The van der Waals surface area contributed by atoms with Crippen molar-refractivity contribution in [3.05, 3.63) is 25.3 Å². The second-order valence-corrected chi connectivity index (χ2v) is 7.09. The maximum atomic E-state index is 5.77. The van der Waals surface area contributed by atoms with E-state index in [0.717, 1.165) is 31.8 Å². The van der Waals surface area contributed by atoms with Crippen molar-refractivity contribution in [3.63, 3.8) is 0 Å². The van der Waals surface area contributed by atoms with Gasteiger partial charge in [-0.3, -0.25) is 4.99 Å². The molecule has 0 radical (unpaired) electrons. The third-order valence-corrected chi connectivity index (χ3v) is 4.03. The predicted octanol–water partition coefficient (Wildman–Crippen LogP) is 3.69. The Balaban J connectivity index is 2.86. The van der Waals surface area contributed by atoms with Gasteiger partial charge in [-0.1, -0.05) is 32.9 Å². The van der Waals surface area contributed by atoms with E-state index in [0.29, 0.717) is 19.3 Å². The van der Waals surface area contributed by atoms with E-state index in [1.165, 1.54) is 6.42 Å². The van der Waals surface area contributed by atoms with Gasteiger partial charge < -0.3 is 14.4 Å². The SMILES string of the molecule is C=CCC(C=C)N=C(N1CCC[C@H]1COCCOC)C(C)(C)C. The molecule has 0 amide bonds. The fourth-order valence-corrected chi connectivity index (χ4v) is 2.88. The van der Waals surface area contributed by atoms with Crippen molar-refractivity contribution < 1.29 is 9.47 Å². The molecule has 0 aromatic rings. The van der Waals surface area contributed by atoms with Gasteiger partial charge in [0.1, 0.15) is 5.84 Å². The summed E-state index contributed by atoms with van der Waals surface area (Å²) >= 11 is 0. The van der Waals surface area contributed by atoms with E-state index < -0.39 is 0 Å². The van der Waals surface area contributed by atoms with Gasteiger partial charge in [0.15, 0.2) is 0 Å². The van der Waals surface area contributed by atoms with Crippen LogP contribution in [0.25, 0.3) is 0 Å². The largest absolute Gasteiger partial charge is 0.382 e. The van der Waals surface area contributed by atoms with Crippen molar-refractivity contribution in [1.29, 1.82) is 0 Å². The standard InChI is InChI=1S/C19H34N2O2/c1-7-10-16(8-2)20-18(19(3,4)5)21-12-9-11-17(21)15-23-14-13-22-6/h7-8,16-17H,1-2,9-15H2,3-6H3/t16?,17-/m0/s1. The summed E-state index contributed by atoms with van der Waals surface area (Å²) in [5.74, 6) is 1.15. The summed E-state index contributed by atoms with van der Waals surface area (Å²) in [4.78, 5) is 7.44. The Bertz CT molecular complexity index is 399. The average molecular weight is 322 g/mol. The van der Waals surface area contributed by atoms with E-state index in [-0.39, 0.29) is 11.5 Å². The van der Waals surface area contributed by atoms with Crippen LogP contribution in [0.1, 0.15) is 40.0 Å². The number of amidine groups is 1. The van der Waals surface area contributed by atoms with E-state index in [4.69, 9.17) is 14.5 Å². The Morgan fingerprint density at radius 2 is 2.09 bits per heavy atom. The summed E-state index contributed by atoms with van der Waals surface area (Å²) in [5, 5.41) is 0. The Morgan fingerprint density at radius 1 is 1.35 bits per heavy atom. The topological polar surface area (TPSA) is 34.1 Å². The highest BCUT2D eigenvalue weighted by Gasteiger charge is 2.33. The zero-order chi connectivity index (χ0) is 17.3.